The lowest BCUT2D eigenvalue weighted by Gasteiger charge is -2.33. The maximum atomic E-state index is 13.2. The second-order valence-electron chi connectivity index (χ2n) is 6.17. The number of hydrogen-bond acceptors (Lipinski definition) is 5. The molecule has 0 unspecified atom stereocenters. The van der Waals surface area contributed by atoms with Crippen molar-refractivity contribution in [3.63, 3.8) is 0 Å². The average molecular weight is 348 g/mol. The Morgan fingerprint density at radius 3 is 2.83 bits per heavy atom. The van der Waals surface area contributed by atoms with Crippen molar-refractivity contribution in [2.24, 2.45) is 0 Å². The van der Waals surface area contributed by atoms with Crippen molar-refractivity contribution < 1.29 is 8.42 Å². The van der Waals surface area contributed by atoms with Crippen molar-refractivity contribution >= 4 is 26.6 Å². The molecule has 2 aromatic rings. The van der Waals surface area contributed by atoms with Gasteiger partial charge in [0.05, 0.1) is 4.90 Å². The maximum Gasteiger partial charge on any atom is 0.244 e. The van der Waals surface area contributed by atoms with Gasteiger partial charge >= 0.3 is 0 Å². The normalized spacial score (nSPS) is 19.5. The number of benzene rings is 1. The Hall–Kier alpha value is -1.70. The number of sulfonamides is 1. The summed E-state index contributed by atoms with van der Waals surface area (Å²) in [6.07, 6.45) is 1.68. The molecule has 130 valence electrons. The molecular weight excluding hydrogens is 324 g/mol. The molecule has 1 aromatic carbocycles. The number of hydrogen-bond donors (Lipinski definition) is 1. The summed E-state index contributed by atoms with van der Waals surface area (Å²) in [5.41, 5.74) is 0. The van der Waals surface area contributed by atoms with Gasteiger partial charge in [0.25, 0.3) is 0 Å². The number of aromatic nitrogens is 1. The Morgan fingerprint density at radius 1 is 1.33 bits per heavy atom. The van der Waals surface area contributed by atoms with E-state index in [4.69, 9.17) is 0 Å². The third-order valence-electron chi connectivity index (χ3n) is 4.61. The van der Waals surface area contributed by atoms with E-state index in [-0.39, 0.29) is 6.04 Å². The molecule has 0 saturated carbocycles. The molecular formula is C17H24N4O2S. The number of fused-ring (bicyclic) bond motifs is 1. The van der Waals surface area contributed by atoms with Gasteiger partial charge in [-0.05, 0) is 26.0 Å². The Kier molecular flexibility index (Phi) is 4.76. The summed E-state index contributed by atoms with van der Waals surface area (Å²) in [5.74, 6) is 0.806. The largest absolute Gasteiger partial charge is 0.359 e. The third kappa shape index (κ3) is 2.87. The monoisotopic (exact) mass is 348 g/mol. The summed E-state index contributed by atoms with van der Waals surface area (Å²) in [4.78, 5) is 6.82. The van der Waals surface area contributed by atoms with Crippen LogP contribution in [0.2, 0.25) is 0 Å². The fourth-order valence-electron chi connectivity index (χ4n) is 3.15. The van der Waals surface area contributed by atoms with Crippen molar-refractivity contribution in [2.75, 3.05) is 38.1 Å². The second kappa shape index (κ2) is 6.66. The molecule has 1 atom stereocenters. The lowest BCUT2D eigenvalue weighted by molar-refractivity contribution is 0.284. The molecule has 0 radical (unpaired) electrons. The van der Waals surface area contributed by atoms with Gasteiger partial charge in [0.2, 0.25) is 10.0 Å². The zero-order valence-corrected chi connectivity index (χ0v) is 15.2. The van der Waals surface area contributed by atoms with Gasteiger partial charge in [-0.1, -0.05) is 12.1 Å². The molecule has 0 bridgehead atoms. The van der Waals surface area contributed by atoms with E-state index in [0.717, 1.165) is 23.1 Å². The molecule has 6 nitrogen and oxygen atoms in total. The fourth-order valence-corrected chi connectivity index (χ4v) is 4.99. The first-order chi connectivity index (χ1) is 11.5. The number of nitrogens with one attached hydrogen (secondary N) is 1. The second-order valence-corrected chi connectivity index (χ2v) is 8.03. The summed E-state index contributed by atoms with van der Waals surface area (Å²) < 4.78 is 28.1. The van der Waals surface area contributed by atoms with E-state index in [2.05, 4.69) is 10.3 Å². The SMILES string of the molecule is CCN(C)c1nccc2c(S(=O)(=O)N3CCNC[C@H]3C)cccc12. The molecule has 1 N–H and O–H groups in total. The van der Waals surface area contributed by atoms with Gasteiger partial charge in [0, 0.05) is 56.2 Å². The molecule has 2 heterocycles. The minimum atomic E-state index is -3.54. The van der Waals surface area contributed by atoms with E-state index in [1.165, 1.54) is 0 Å². The number of nitrogens with zero attached hydrogens (tertiary/aromatic N) is 3. The smallest absolute Gasteiger partial charge is 0.244 e. The Bertz CT molecular complexity index is 838. The summed E-state index contributed by atoms with van der Waals surface area (Å²) in [6.45, 7) is 6.63. The Balaban J connectivity index is 2.16. The standard InChI is InChI=1S/C17H24N4O2S/c1-4-20(3)17-15-6-5-7-16(14(15)8-9-19-17)24(22,23)21-11-10-18-12-13(21)2/h5-9,13,18H,4,10-12H2,1-3H3/t13-/m1/s1. The van der Waals surface area contributed by atoms with Gasteiger partial charge in [0.15, 0.2) is 0 Å². The fraction of sp³-hybridized carbons (Fsp3) is 0.471. The first kappa shape index (κ1) is 17.1. The van der Waals surface area contributed by atoms with Crippen LogP contribution in [0.3, 0.4) is 0 Å². The number of rotatable bonds is 4. The summed E-state index contributed by atoms with van der Waals surface area (Å²) >= 11 is 0. The van der Waals surface area contributed by atoms with Crippen LogP contribution in [0.15, 0.2) is 35.4 Å². The van der Waals surface area contributed by atoms with Crippen molar-refractivity contribution in [1.82, 2.24) is 14.6 Å². The predicted molar refractivity (Wildman–Crippen MR) is 96.9 cm³/mol. The van der Waals surface area contributed by atoms with Gasteiger partial charge in [0.1, 0.15) is 5.82 Å². The molecule has 1 saturated heterocycles. The zero-order chi connectivity index (χ0) is 17.3. The van der Waals surface area contributed by atoms with Crippen LogP contribution < -0.4 is 10.2 Å². The van der Waals surface area contributed by atoms with Crippen LogP contribution >= 0.6 is 0 Å². The van der Waals surface area contributed by atoms with E-state index in [9.17, 15) is 8.42 Å². The van der Waals surface area contributed by atoms with Crippen LogP contribution in [-0.4, -0.2) is 57.0 Å². The van der Waals surface area contributed by atoms with Crippen molar-refractivity contribution in [2.45, 2.75) is 24.8 Å². The topological polar surface area (TPSA) is 65.5 Å². The van der Waals surface area contributed by atoms with Gasteiger partial charge in [-0.25, -0.2) is 13.4 Å². The van der Waals surface area contributed by atoms with Gasteiger partial charge in [-0.15, -0.1) is 0 Å². The van der Waals surface area contributed by atoms with E-state index in [1.807, 2.05) is 31.9 Å². The molecule has 3 rings (SSSR count). The van der Waals surface area contributed by atoms with Crippen LogP contribution in [-0.2, 0) is 10.0 Å². The van der Waals surface area contributed by atoms with Crippen LogP contribution in [0.4, 0.5) is 5.82 Å². The quantitative estimate of drug-likeness (QED) is 0.911. The van der Waals surface area contributed by atoms with E-state index in [1.54, 1.807) is 28.7 Å². The lowest BCUT2D eigenvalue weighted by Crippen LogP contribution is -2.52. The highest BCUT2D eigenvalue weighted by molar-refractivity contribution is 7.89. The molecule has 7 heteroatoms. The van der Waals surface area contributed by atoms with Crippen molar-refractivity contribution in [3.8, 4) is 0 Å². The van der Waals surface area contributed by atoms with Crippen LogP contribution in [0, 0.1) is 0 Å². The molecule has 0 amide bonds. The highest BCUT2D eigenvalue weighted by Crippen LogP contribution is 2.31. The van der Waals surface area contributed by atoms with E-state index >= 15 is 0 Å². The predicted octanol–water partition coefficient (Wildman–Crippen LogP) is 1.67. The molecule has 1 fully saturated rings. The summed E-state index contributed by atoms with van der Waals surface area (Å²) in [5, 5.41) is 4.83. The van der Waals surface area contributed by atoms with Crippen LogP contribution in [0.5, 0.6) is 0 Å². The summed E-state index contributed by atoms with van der Waals surface area (Å²) in [7, 11) is -1.58. The minimum absolute atomic E-state index is 0.0568. The number of pyridine rings is 1. The first-order valence-electron chi connectivity index (χ1n) is 8.28. The molecule has 0 aliphatic carbocycles. The first-order valence-corrected chi connectivity index (χ1v) is 9.72. The van der Waals surface area contributed by atoms with Crippen LogP contribution in [0.1, 0.15) is 13.8 Å². The zero-order valence-electron chi connectivity index (χ0n) is 14.4. The lowest BCUT2D eigenvalue weighted by atomic mass is 10.1. The molecule has 1 aromatic heterocycles. The number of anilines is 1. The third-order valence-corrected chi connectivity index (χ3v) is 6.68. The Morgan fingerprint density at radius 2 is 2.12 bits per heavy atom. The average Bonchev–Trinajstić information content (AvgIpc) is 2.60. The highest BCUT2D eigenvalue weighted by atomic mass is 32.2. The van der Waals surface area contributed by atoms with Crippen molar-refractivity contribution in [3.05, 3.63) is 30.5 Å². The Labute approximate surface area is 143 Å². The molecule has 1 aliphatic heterocycles. The number of piperazine rings is 1. The van der Waals surface area contributed by atoms with E-state index in [0.29, 0.717) is 24.5 Å². The van der Waals surface area contributed by atoms with Crippen LogP contribution in [0.25, 0.3) is 10.8 Å². The maximum absolute atomic E-state index is 13.2. The van der Waals surface area contributed by atoms with E-state index < -0.39 is 10.0 Å². The van der Waals surface area contributed by atoms with Gasteiger partial charge in [-0.3, -0.25) is 0 Å². The summed E-state index contributed by atoms with van der Waals surface area (Å²) in [6, 6.07) is 7.17. The molecule has 0 spiro atoms. The minimum Gasteiger partial charge on any atom is -0.359 e. The van der Waals surface area contributed by atoms with Gasteiger partial charge in [-0.2, -0.15) is 4.31 Å². The molecule has 1 aliphatic rings. The van der Waals surface area contributed by atoms with Crippen molar-refractivity contribution in [1.29, 1.82) is 0 Å². The molecule has 24 heavy (non-hydrogen) atoms. The highest BCUT2D eigenvalue weighted by Gasteiger charge is 2.32. The van der Waals surface area contributed by atoms with Gasteiger partial charge < -0.3 is 10.2 Å².